The number of nitrogens with one attached hydrogen (secondary N) is 2. The summed E-state index contributed by atoms with van der Waals surface area (Å²) < 4.78 is 6.49. The van der Waals surface area contributed by atoms with Crippen molar-refractivity contribution >= 4 is 22.4 Å². The van der Waals surface area contributed by atoms with Crippen LogP contribution in [0.1, 0.15) is 42.2 Å². The van der Waals surface area contributed by atoms with Crippen molar-refractivity contribution in [2.24, 2.45) is 0 Å². The number of Topliss-reactive ketones (excluding diaryl/α,β-unsaturated/α-hetero) is 1. The zero-order valence-electron chi connectivity index (χ0n) is 19.0. The Labute approximate surface area is 193 Å². The average Bonchev–Trinajstić information content (AvgIpc) is 3.24. The van der Waals surface area contributed by atoms with Gasteiger partial charge in [-0.25, -0.2) is 4.98 Å². The van der Waals surface area contributed by atoms with Gasteiger partial charge in [-0.1, -0.05) is 18.2 Å². The van der Waals surface area contributed by atoms with Crippen molar-refractivity contribution in [1.82, 2.24) is 20.2 Å². The minimum atomic E-state index is -0.365. The molecule has 2 N–H and O–H groups in total. The molecule has 2 aromatic heterocycles. The molecule has 0 aliphatic carbocycles. The van der Waals surface area contributed by atoms with Crippen molar-refractivity contribution in [3.8, 4) is 16.9 Å². The summed E-state index contributed by atoms with van der Waals surface area (Å²) >= 11 is 0. The third kappa shape index (κ3) is 3.45. The Morgan fingerprint density at radius 2 is 2.00 bits per heavy atom. The average molecular weight is 441 g/mol. The number of H-pyrrole nitrogens is 1. The maximum atomic E-state index is 12.9. The third-order valence-corrected chi connectivity index (χ3v) is 7.29. The number of hydrogen-bond acceptors (Lipinski definition) is 5. The van der Waals surface area contributed by atoms with E-state index in [9.17, 15) is 4.79 Å². The van der Waals surface area contributed by atoms with Crippen molar-refractivity contribution in [3.63, 3.8) is 0 Å². The van der Waals surface area contributed by atoms with Crippen molar-refractivity contribution in [2.45, 2.75) is 37.8 Å². The molecule has 33 heavy (non-hydrogen) atoms. The van der Waals surface area contributed by atoms with E-state index in [1.165, 1.54) is 0 Å². The Morgan fingerprint density at radius 1 is 1.15 bits per heavy atom. The van der Waals surface area contributed by atoms with Crippen LogP contribution in [0.2, 0.25) is 0 Å². The van der Waals surface area contributed by atoms with Gasteiger partial charge in [-0.3, -0.25) is 4.79 Å². The van der Waals surface area contributed by atoms with E-state index in [2.05, 4.69) is 59.7 Å². The Balaban J connectivity index is 1.35. The molecular weight excluding hydrogens is 412 g/mol. The lowest BCUT2D eigenvalue weighted by atomic mass is 9.82. The van der Waals surface area contributed by atoms with Crippen LogP contribution in [0.15, 0.2) is 54.9 Å². The molecule has 6 heteroatoms. The molecule has 0 bridgehead atoms. The van der Waals surface area contributed by atoms with E-state index in [1.807, 2.05) is 24.4 Å². The number of ketones is 1. The van der Waals surface area contributed by atoms with Gasteiger partial charge >= 0.3 is 0 Å². The van der Waals surface area contributed by atoms with Crippen molar-refractivity contribution < 1.29 is 9.53 Å². The fraction of sp³-hybridized carbons (Fsp3) is 0.333. The van der Waals surface area contributed by atoms with Crippen molar-refractivity contribution in [3.05, 3.63) is 66.1 Å². The quantitative estimate of drug-likeness (QED) is 0.612. The van der Waals surface area contributed by atoms with Crippen molar-refractivity contribution in [1.29, 1.82) is 0 Å². The summed E-state index contributed by atoms with van der Waals surface area (Å²) in [6.45, 7) is 3.94. The van der Waals surface area contributed by atoms with Gasteiger partial charge in [0, 0.05) is 54.9 Å². The smallest absolute Gasteiger partial charge is 0.170 e. The van der Waals surface area contributed by atoms with Crippen LogP contribution in [0.25, 0.3) is 27.7 Å². The SMILES string of the molecule is CC1C=CC(c2ccc3c(-c4ccc5c(c4)OC4(CCNCC4)CC5=O)c[nH]c3n2)=CN1C. The monoisotopic (exact) mass is 440 g/mol. The predicted molar refractivity (Wildman–Crippen MR) is 130 cm³/mol. The highest BCUT2D eigenvalue weighted by Crippen LogP contribution is 2.41. The predicted octanol–water partition coefficient (Wildman–Crippen LogP) is 4.55. The number of rotatable bonds is 2. The zero-order chi connectivity index (χ0) is 22.6. The number of hydrogen-bond donors (Lipinski definition) is 2. The summed E-state index contributed by atoms with van der Waals surface area (Å²) in [4.78, 5) is 23.3. The number of carbonyl (C=O) groups is 1. The first-order valence-corrected chi connectivity index (χ1v) is 11.7. The van der Waals surface area contributed by atoms with Gasteiger partial charge in [0.1, 0.15) is 17.0 Å². The van der Waals surface area contributed by atoms with E-state index >= 15 is 0 Å². The number of aromatic nitrogens is 2. The zero-order valence-corrected chi connectivity index (χ0v) is 19.0. The molecule has 1 fully saturated rings. The fourth-order valence-corrected chi connectivity index (χ4v) is 5.14. The highest BCUT2D eigenvalue weighted by Gasteiger charge is 2.41. The Bertz CT molecular complexity index is 1310. The molecule has 1 saturated heterocycles. The van der Waals surface area contributed by atoms with Gasteiger partial charge in [0.2, 0.25) is 0 Å². The van der Waals surface area contributed by atoms with Crippen LogP contribution in [0.5, 0.6) is 5.75 Å². The van der Waals surface area contributed by atoms with Crippen LogP contribution in [-0.2, 0) is 0 Å². The first-order valence-electron chi connectivity index (χ1n) is 11.7. The number of likely N-dealkylation sites (N-methyl/N-ethyl adjacent to an activating group) is 1. The number of ether oxygens (including phenoxy) is 1. The van der Waals surface area contributed by atoms with Gasteiger partial charge in [-0.15, -0.1) is 0 Å². The molecule has 3 aliphatic heterocycles. The van der Waals surface area contributed by atoms with Gasteiger partial charge in [-0.2, -0.15) is 0 Å². The summed E-state index contributed by atoms with van der Waals surface area (Å²) in [5.74, 6) is 0.891. The van der Waals surface area contributed by atoms with E-state index in [0.717, 1.165) is 59.4 Å². The summed E-state index contributed by atoms with van der Waals surface area (Å²) in [5.41, 5.74) is 5.31. The number of carbonyl (C=O) groups excluding carboxylic acids is 1. The molecule has 6 nitrogen and oxygen atoms in total. The van der Waals surface area contributed by atoms with E-state index < -0.39 is 0 Å². The second-order valence-electron chi connectivity index (χ2n) is 9.49. The number of aromatic amines is 1. The lowest BCUT2D eigenvalue weighted by Crippen LogP contribution is -2.49. The lowest BCUT2D eigenvalue weighted by Gasteiger charge is -2.41. The molecule has 0 radical (unpaired) electrons. The molecule has 168 valence electrons. The van der Waals surface area contributed by atoms with Gasteiger partial charge in [0.05, 0.1) is 17.7 Å². The number of allylic oxidation sites excluding steroid dienone is 2. The van der Waals surface area contributed by atoms with Gasteiger partial charge < -0.3 is 19.9 Å². The van der Waals surface area contributed by atoms with E-state index in [0.29, 0.717) is 23.8 Å². The molecule has 3 aliphatic rings. The number of benzene rings is 1. The van der Waals surface area contributed by atoms with Crippen LogP contribution in [0.3, 0.4) is 0 Å². The molecule has 5 heterocycles. The maximum Gasteiger partial charge on any atom is 0.170 e. The lowest BCUT2D eigenvalue weighted by molar-refractivity contribution is 0.0188. The van der Waals surface area contributed by atoms with Gasteiger partial charge in [-0.05, 0) is 49.8 Å². The molecule has 6 rings (SSSR count). The molecule has 1 spiro atoms. The van der Waals surface area contributed by atoms with Gasteiger partial charge in [0.25, 0.3) is 0 Å². The first-order chi connectivity index (χ1) is 16.0. The summed E-state index contributed by atoms with van der Waals surface area (Å²) in [5, 5.41) is 4.42. The van der Waals surface area contributed by atoms with Crippen molar-refractivity contribution in [2.75, 3.05) is 20.1 Å². The standard InChI is InChI=1S/C27H28N4O2/c1-17-3-4-19(16-31(17)2)23-8-7-20-22(15-29-26(20)30-23)18-5-6-21-24(32)14-27(33-25(21)13-18)9-11-28-12-10-27/h3-8,13,15-17,28H,9-12,14H2,1-2H3,(H,29,30). The number of fused-ring (bicyclic) bond motifs is 2. The Hall–Kier alpha value is -3.38. The molecule has 3 aromatic rings. The highest BCUT2D eigenvalue weighted by atomic mass is 16.5. The minimum Gasteiger partial charge on any atom is -0.486 e. The van der Waals surface area contributed by atoms with E-state index in [1.54, 1.807) is 0 Å². The molecule has 1 aromatic carbocycles. The summed E-state index contributed by atoms with van der Waals surface area (Å²) in [7, 11) is 2.08. The molecular formula is C27H28N4O2. The molecule has 1 atom stereocenters. The minimum absolute atomic E-state index is 0.183. The highest BCUT2D eigenvalue weighted by molar-refractivity contribution is 6.02. The van der Waals surface area contributed by atoms with Crippen LogP contribution in [0, 0.1) is 0 Å². The van der Waals surface area contributed by atoms with Crippen LogP contribution >= 0.6 is 0 Å². The number of nitrogens with zero attached hydrogens (tertiary/aromatic N) is 2. The summed E-state index contributed by atoms with van der Waals surface area (Å²) in [6.07, 6.45) is 10.6. The second kappa shape index (κ2) is 7.59. The maximum absolute atomic E-state index is 12.9. The second-order valence-corrected chi connectivity index (χ2v) is 9.49. The van der Waals surface area contributed by atoms with Crippen LogP contribution in [-0.4, -0.2) is 52.4 Å². The molecule has 0 amide bonds. The number of pyridine rings is 1. The Kier molecular flexibility index (Phi) is 4.66. The number of piperidine rings is 1. The summed E-state index contributed by atoms with van der Waals surface area (Å²) in [6, 6.07) is 10.5. The largest absolute Gasteiger partial charge is 0.486 e. The molecule has 0 saturated carbocycles. The van der Waals surface area contributed by atoms with E-state index in [-0.39, 0.29) is 11.4 Å². The normalized spacial score (nSPS) is 21.8. The topological polar surface area (TPSA) is 70.2 Å². The van der Waals surface area contributed by atoms with Crippen LogP contribution < -0.4 is 10.1 Å². The van der Waals surface area contributed by atoms with Crippen LogP contribution in [0.4, 0.5) is 0 Å². The fourth-order valence-electron chi connectivity index (χ4n) is 5.14. The Morgan fingerprint density at radius 3 is 2.82 bits per heavy atom. The first kappa shape index (κ1) is 20.2. The van der Waals surface area contributed by atoms with E-state index in [4.69, 9.17) is 9.72 Å². The third-order valence-electron chi connectivity index (χ3n) is 7.29. The van der Waals surface area contributed by atoms with Gasteiger partial charge in [0.15, 0.2) is 5.78 Å². The molecule has 1 unspecified atom stereocenters.